The van der Waals surface area contributed by atoms with Crippen molar-refractivity contribution in [3.63, 3.8) is 0 Å². The molecular formula is C10H22N2O. The molecular weight excluding hydrogens is 164 g/mol. The molecule has 3 nitrogen and oxygen atoms in total. The van der Waals surface area contributed by atoms with Gasteiger partial charge in [-0.3, -0.25) is 0 Å². The van der Waals surface area contributed by atoms with Crippen molar-refractivity contribution in [2.45, 2.75) is 44.8 Å². The molecule has 78 valence electrons. The largest absolute Gasteiger partial charge is 0.392 e. The van der Waals surface area contributed by atoms with Gasteiger partial charge in [0.1, 0.15) is 0 Å². The van der Waals surface area contributed by atoms with Gasteiger partial charge in [-0.05, 0) is 38.8 Å². The SMILES string of the molecule is CCC(O)CNC1CCCNCC1. The third-order valence-electron chi connectivity index (χ3n) is 2.69. The Balaban J connectivity index is 2.11. The molecule has 2 unspecified atom stereocenters. The average Bonchev–Trinajstić information content (AvgIpc) is 2.42. The minimum atomic E-state index is -0.170. The van der Waals surface area contributed by atoms with Gasteiger partial charge >= 0.3 is 0 Å². The molecule has 0 saturated carbocycles. The molecule has 2 atom stereocenters. The van der Waals surface area contributed by atoms with Crippen LogP contribution >= 0.6 is 0 Å². The van der Waals surface area contributed by atoms with Crippen LogP contribution in [-0.4, -0.2) is 36.9 Å². The molecule has 0 radical (unpaired) electrons. The summed E-state index contributed by atoms with van der Waals surface area (Å²) in [5, 5.41) is 16.2. The number of nitrogens with one attached hydrogen (secondary N) is 2. The highest BCUT2D eigenvalue weighted by Crippen LogP contribution is 2.04. The molecule has 0 aromatic carbocycles. The molecule has 3 N–H and O–H groups in total. The molecule has 0 bridgehead atoms. The number of rotatable bonds is 4. The van der Waals surface area contributed by atoms with Crippen LogP contribution in [0.15, 0.2) is 0 Å². The second kappa shape index (κ2) is 6.35. The summed E-state index contributed by atoms with van der Waals surface area (Å²) in [6.45, 7) is 5.02. The minimum Gasteiger partial charge on any atom is -0.392 e. The van der Waals surface area contributed by atoms with Crippen molar-refractivity contribution >= 4 is 0 Å². The van der Waals surface area contributed by atoms with Gasteiger partial charge in [-0.25, -0.2) is 0 Å². The molecule has 1 aliphatic heterocycles. The van der Waals surface area contributed by atoms with Crippen LogP contribution in [0.2, 0.25) is 0 Å². The molecule has 0 aromatic heterocycles. The Kier molecular flexibility index (Phi) is 5.35. The Morgan fingerprint density at radius 3 is 3.08 bits per heavy atom. The fourth-order valence-corrected chi connectivity index (χ4v) is 1.67. The van der Waals surface area contributed by atoms with Gasteiger partial charge in [0, 0.05) is 12.6 Å². The first-order chi connectivity index (χ1) is 6.33. The second-order valence-corrected chi connectivity index (χ2v) is 3.85. The van der Waals surface area contributed by atoms with E-state index in [0.717, 1.165) is 26.1 Å². The summed E-state index contributed by atoms with van der Waals surface area (Å²) in [6.07, 6.45) is 4.36. The first kappa shape index (κ1) is 11.0. The predicted molar refractivity (Wildman–Crippen MR) is 54.8 cm³/mol. The van der Waals surface area contributed by atoms with Crippen molar-refractivity contribution in [2.24, 2.45) is 0 Å². The van der Waals surface area contributed by atoms with E-state index in [1.165, 1.54) is 19.3 Å². The monoisotopic (exact) mass is 186 g/mol. The Hall–Kier alpha value is -0.120. The van der Waals surface area contributed by atoms with E-state index in [1.54, 1.807) is 0 Å². The maximum atomic E-state index is 9.38. The molecule has 3 heteroatoms. The highest BCUT2D eigenvalue weighted by atomic mass is 16.3. The van der Waals surface area contributed by atoms with Gasteiger partial charge in [-0.15, -0.1) is 0 Å². The topological polar surface area (TPSA) is 44.3 Å². The lowest BCUT2D eigenvalue weighted by Crippen LogP contribution is -2.35. The third kappa shape index (κ3) is 4.60. The van der Waals surface area contributed by atoms with Crippen molar-refractivity contribution in [2.75, 3.05) is 19.6 Å². The molecule has 1 aliphatic rings. The Morgan fingerprint density at radius 1 is 1.46 bits per heavy atom. The van der Waals surface area contributed by atoms with Gasteiger partial charge in [-0.1, -0.05) is 6.92 Å². The molecule has 1 saturated heterocycles. The van der Waals surface area contributed by atoms with Gasteiger partial charge in [0.05, 0.1) is 6.10 Å². The molecule has 0 spiro atoms. The van der Waals surface area contributed by atoms with Crippen LogP contribution in [0.4, 0.5) is 0 Å². The zero-order chi connectivity index (χ0) is 9.52. The Labute approximate surface area is 80.9 Å². The maximum absolute atomic E-state index is 9.38. The van der Waals surface area contributed by atoms with Gasteiger partial charge in [-0.2, -0.15) is 0 Å². The van der Waals surface area contributed by atoms with Gasteiger partial charge in [0.15, 0.2) is 0 Å². The van der Waals surface area contributed by atoms with Gasteiger partial charge < -0.3 is 15.7 Å². The lowest BCUT2D eigenvalue weighted by Gasteiger charge is -2.17. The normalized spacial score (nSPS) is 26.8. The summed E-state index contributed by atoms with van der Waals surface area (Å²) >= 11 is 0. The summed E-state index contributed by atoms with van der Waals surface area (Å²) < 4.78 is 0. The summed E-state index contributed by atoms with van der Waals surface area (Å²) in [6, 6.07) is 0.608. The van der Waals surface area contributed by atoms with Crippen molar-refractivity contribution in [1.29, 1.82) is 0 Å². The third-order valence-corrected chi connectivity index (χ3v) is 2.69. The van der Waals surface area contributed by atoms with Crippen LogP contribution in [0, 0.1) is 0 Å². The zero-order valence-electron chi connectivity index (χ0n) is 8.55. The smallest absolute Gasteiger partial charge is 0.0662 e. The summed E-state index contributed by atoms with van der Waals surface area (Å²) in [7, 11) is 0. The number of aliphatic hydroxyl groups excluding tert-OH is 1. The van der Waals surface area contributed by atoms with E-state index in [0.29, 0.717) is 6.04 Å². The van der Waals surface area contributed by atoms with E-state index in [2.05, 4.69) is 10.6 Å². The fraction of sp³-hybridized carbons (Fsp3) is 1.00. The van der Waals surface area contributed by atoms with Crippen molar-refractivity contribution in [3.8, 4) is 0 Å². The van der Waals surface area contributed by atoms with Gasteiger partial charge in [0.2, 0.25) is 0 Å². The van der Waals surface area contributed by atoms with E-state index >= 15 is 0 Å². The van der Waals surface area contributed by atoms with E-state index in [-0.39, 0.29) is 6.10 Å². The van der Waals surface area contributed by atoms with Crippen LogP contribution in [0.25, 0.3) is 0 Å². The summed E-state index contributed by atoms with van der Waals surface area (Å²) in [4.78, 5) is 0. The molecule has 1 fully saturated rings. The summed E-state index contributed by atoms with van der Waals surface area (Å²) in [5.74, 6) is 0. The average molecular weight is 186 g/mol. The van der Waals surface area contributed by atoms with Crippen molar-refractivity contribution in [1.82, 2.24) is 10.6 Å². The lowest BCUT2D eigenvalue weighted by molar-refractivity contribution is 0.161. The van der Waals surface area contributed by atoms with E-state index in [9.17, 15) is 5.11 Å². The predicted octanol–water partition coefficient (Wildman–Crippen LogP) is 0.489. The van der Waals surface area contributed by atoms with E-state index < -0.39 is 0 Å². The van der Waals surface area contributed by atoms with E-state index in [1.807, 2.05) is 6.92 Å². The van der Waals surface area contributed by atoms with Gasteiger partial charge in [0.25, 0.3) is 0 Å². The lowest BCUT2D eigenvalue weighted by atomic mass is 10.1. The van der Waals surface area contributed by atoms with Crippen molar-refractivity contribution < 1.29 is 5.11 Å². The van der Waals surface area contributed by atoms with Crippen LogP contribution < -0.4 is 10.6 Å². The molecule has 1 rings (SSSR count). The minimum absolute atomic E-state index is 0.170. The summed E-state index contributed by atoms with van der Waals surface area (Å²) in [5.41, 5.74) is 0. The zero-order valence-corrected chi connectivity index (χ0v) is 8.55. The number of aliphatic hydroxyl groups is 1. The van der Waals surface area contributed by atoms with Crippen LogP contribution in [-0.2, 0) is 0 Å². The van der Waals surface area contributed by atoms with Crippen molar-refractivity contribution in [3.05, 3.63) is 0 Å². The quantitative estimate of drug-likeness (QED) is 0.598. The number of hydrogen-bond donors (Lipinski definition) is 3. The molecule has 0 aromatic rings. The number of hydrogen-bond acceptors (Lipinski definition) is 3. The maximum Gasteiger partial charge on any atom is 0.0662 e. The van der Waals surface area contributed by atoms with Crippen LogP contribution in [0.1, 0.15) is 32.6 Å². The van der Waals surface area contributed by atoms with Crippen LogP contribution in [0.3, 0.4) is 0 Å². The Morgan fingerprint density at radius 2 is 2.31 bits per heavy atom. The van der Waals surface area contributed by atoms with E-state index in [4.69, 9.17) is 0 Å². The molecule has 0 amide bonds. The second-order valence-electron chi connectivity index (χ2n) is 3.85. The standard InChI is InChI=1S/C10H22N2O/c1-2-10(13)8-12-9-4-3-6-11-7-5-9/h9-13H,2-8H2,1H3. The van der Waals surface area contributed by atoms with Crippen LogP contribution in [0.5, 0.6) is 0 Å². The first-order valence-corrected chi connectivity index (χ1v) is 5.45. The Bertz CT molecular complexity index is 122. The highest BCUT2D eigenvalue weighted by Gasteiger charge is 2.11. The molecule has 0 aliphatic carbocycles. The fourth-order valence-electron chi connectivity index (χ4n) is 1.67. The highest BCUT2D eigenvalue weighted by molar-refractivity contribution is 4.73. The first-order valence-electron chi connectivity index (χ1n) is 5.45. The molecule has 1 heterocycles. The molecule has 13 heavy (non-hydrogen) atoms.